The van der Waals surface area contributed by atoms with E-state index in [2.05, 4.69) is 4.98 Å². The Labute approximate surface area is 164 Å². The Balaban J connectivity index is 1.58. The topological polar surface area (TPSA) is 72.3 Å². The predicted molar refractivity (Wildman–Crippen MR) is 109 cm³/mol. The highest BCUT2D eigenvalue weighted by molar-refractivity contribution is 7.89. The molecule has 1 aliphatic heterocycles. The van der Waals surface area contributed by atoms with Crippen LogP contribution in [0.25, 0.3) is 10.9 Å². The Morgan fingerprint density at radius 3 is 2.50 bits per heavy atom. The summed E-state index contributed by atoms with van der Waals surface area (Å²) in [6.45, 7) is 4.49. The van der Waals surface area contributed by atoms with Crippen molar-refractivity contribution in [1.29, 1.82) is 0 Å². The smallest absolute Gasteiger partial charge is 0.261 e. The molecule has 1 aromatic heterocycles. The Bertz CT molecular complexity index is 1190. The van der Waals surface area contributed by atoms with Crippen LogP contribution in [0.5, 0.6) is 0 Å². The number of rotatable bonds is 3. The van der Waals surface area contributed by atoms with E-state index in [0.717, 1.165) is 11.1 Å². The predicted octanol–water partition coefficient (Wildman–Crippen LogP) is 3.04. The Kier molecular flexibility index (Phi) is 4.81. The number of benzene rings is 2. The zero-order chi connectivity index (χ0) is 19.9. The van der Waals surface area contributed by atoms with Crippen molar-refractivity contribution < 1.29 is 8.42 Å². The molecule has 1 aliphatic rings. The first kappa shape index (κ1) is 18.8. The van der Waals surface area contributed by atoms with Gasteiger partial charge < -0.3 is 0 Å². The third kappa shape index (κ3) is 3.25. The highest BCUT2D eigenvalue weighted by Crippen LogP contribution is 2.28. The molecule has 28 heavy (non-hydrogen) atoms. The number of piperidine rings is 1. The molecule has 146 valence electrons. The summed E-state index contributed by atoms with van der Waals surface area (Å²) in [6.07, 6.45) is 2.76. The number of aromatic nitrogens is 2. The lowest BCUT2D eigenvalue weighted by Gasteiger charge is -2.32. The summed E-state index contributed by atoms with van der Waals surface area (Å²) in [5.74, 6) is 0. The quantitative estimate of drug-likeness (QED) is 0.681. The van der Waals surface area contributed by atoms with E-state index in [-0.39, 0.29) is 11.6 Å². The molecule has 3 aromatic rings. The van der Waals surface area contributed by atoms with Gasteiger partial charge in [-0.2, -0.15) is 4.31 Å². The van der Waals surface area contributed by atoms with Gasteiger partial charge in [-0.25, -0.2) is 13.4 Å². The molecule has 1 saturated heterocycles. The summed E-state index contributed by atoms with van der Waals surface area (Å²) >= 11 is 0. The van der Waals surface area contributed by atoms with E-state index in [0.29, 0.717) is 41.7 Å². The van der Waals surface area contributed by atoms with E-state index in [9.17, 15) is 13.2 Å². The molecule has 6 nitrogen and oxygen atoms in total. The fourth-order valence-electron chi connectivity index (χ4n) is 3.83. The number of para-hydroxylation sites is 1. The molecular formula is C21H23N3O3S. The number of aryl methyl sites for hydroxylation is 2. The van der Waals surface area contributed by atoms with Crippen molar-refractivity contribution in [3.05, 3.63) is 70.3 Å². The van der Waals surface area contributed by atoms with Crippen molar-refractivity contribution in [3.63, 3.8) is 0 Å². The van der Waals surface area contributed by atoms with Gasteiger partial charge in [0.05, 0.1) is 22.1 Å². The van der Waals surface area contributed by atoms with E-state index in [1.807, 2.05) is 44.2 Å². The van der Waals surface area contributed by atoms with Gasteiger partial charge in [0.1, 0.15) is 0 Å². The van der Waals surface area contributed by atoms with Crippen LogP contribution < -0.4 is 5.56 Å². The van der Waals surface area contributed by atoms with E-state index >= 15 is 0 Å². The summed E-state index contributed by atoms with van der Waals surface area (Å²) in [6, 6.07) is 12.7. The van der Waals surface area contributed by atoms with Gasteiger partial charge in [-0.3, -0.25) is 9.36 Å². The van der Waals surface area contributed by atoms with Gasteiger partial charge in [0.2, 0.25) is 10.0 Å². The lowest BCUT2D eigenvalue weighted by molar-refractivity contribution is 0.269. The first-order chi connectivity index (χ1) is 13.4. The monoisotopic (exact) mass is 397 g/mol. The van der Waals surface area contributed by atoms with Crippen molar-refractivity contribution in [2.24, 2.45) is 0 Å². The van der Waals surface area contributed by atoms with Crippen LogP contribution in [0.3, 0.4) is 0 Å². The lowest BCUT2D eigenvalue weighted by atomic mass is 10.1. The minimum atomic E-state index is -3.54. The molecular weight excluding hydrogens is 374 g/mol. The Morgan fingerprint density at radius 2 is 1.75 bits per heavy atom. The van der Waals surface area contributed by atoms with Crippen LogP contribution in [-0.4, -0.2) is 35.4 Å². The first-order valence-corrected chi connectivity index (χ1v) is 10.9. The summed E-state index contributed by atoms with van der Waals surface area (Å²) in [7, 11) is -3.54. The normalized spacial score (nSPS) is 16.5. The summed E-state index contributed by atoms with van der Waals surface area (Å²) < 4.78 is 29.4. The summed E-state index contributed by atoms with van der Waals surface area (Å²) in [5, 5.41) is 0.593. The minimum absolute atomic E-state index is 0.0466. The van der Waals surface area contributed by atoms with E-state index in [1.54, 1.807) is 23.0 Å². The van der Waals surface area contributed by atoms with Gasteiger partial charge in [0.15, 0.2) is 0 Å². The largest absolute Gasteiger partial charge is 0.296 e. The van der Waals surface area contributed by atoms with Gasteiger partial charge >= 0.3 is 0 Å². The number of hydrogen-bond acceptors (Lipinski definition) is 4. The number of fused-ring (bicyclic) bond motifs is 1. The van der Waals surface area contributed by atoms with Crippen LogP contribution in [0.2, 0.25) is 0 Å². The number of hydrogen-bond donors (Lipinski definition) is 0. The lowest BCUT2D eigenvalue weighted by Crippen LogP contribution is -2.41. The van der Waals surface area contributed by atoms with Crippen LogP contribution in [0.15, 0.2) is 58.5 Å². The minimum Gasteiger partial charge on any atom is -0.296 e. The molecule has 0 N–H and O–H groups in total. The fraction of sp³-hybridized carbons (Fsp3) is 0.333. The van der Waals surface area contributed by atoms with Gasteiger partial charge in [0.25, 0.3) is 5.56 Å². The van der Waals surface area contributed by atoms with Crippen LogP contribution in [0.4, 0.5) is 0 Å². The van der Waals surface area contributed by atoms with Crippen molar-refractivity contribution in [2.75, 3.05) is 13.1 Å². The van der Waals surface area contributed by atoms with Crippen molar-refractivity contribution in [3.8, 4) is 0 Å². The highest BCUT2D eigenvalue weighted by Gasteiger charge is 2.31. The second-order valence-corrected chi connectivity index (χ2v) is 9.28. The average molecular weight is 398 g/mol. The van der Waals surface area contributed by atoms with Crippen LogP contribution >= 0.6 is 0 Å². The number of nitrogens with zero attached hydrogens (tertiary/aromatic N) is 3. The first-order valence-electron chi connectivity index (χ1n) is 9.41. The average Bonchev–Trinajstić information content (AvgIpc) is 2.70. The summed E-state index contributed by atoms with van der Waals surface area (Å²) in [5.41, 5.74) is 2.29. The van der Waals surface area contributed by atoms with Gasteiger partial charge in [-0.15, -0.1) is 0 Å². The van der Waals surface area contributed by atoms with Gasteiger partial charge in [-0.05, 0) is 56.0 Å². The summed E-state index contributed by atoms with van der Waals surface area (Å²) in [4.78, 5) is 17.6. The Morgan fingerprint density at radius 1 is 1.04 bits per heavy atom. The molecule has 2 aromatic carbocycles. The van der Waals surface area contributed by atoms with Crippen LogP contribution in [0.1, 0.15) is 30.0 Å². The highest BCUT2D eigenvalue weighted by atomic mass is 32.2. The molecule has 1 fully saturated rings. The molecule has 4 rings (SSSR count). The van der Waals surface area contributed by atoms with Crippen molar-refractivity contribution in [1.82, 2.24) is 13.9 Å². The second-order valence-electron chi connectivity index (χ2n) is 7.38. The molecule has 0 unspecified atom stereocenters. The van der Waals surface area contributed by atoms with Gasteiger partial charge in [0, 0.05) is 19.1 Å². The second kappa shape index (κ2) is 7.14. The van der Waals surface area contributed by atoms with E-state index < -0.39 is 10.0 Å². The van der Waals surface area contributed by atoms with Crippen molar-refractivity contribution in [2.45, 2.75) is 37.6 Å². The SMILES string of the molecule is Cc1ccc(C)c(S(=O)(=O)N2CCC(n3cnc4ccccc4c3=O)CC2)c1. The van der Waals surface area contributed by atoms with Crippen LogP contribution in [0, 0.1) is 13.8 Å². The molecule has 7 heteroatoms. The molecule has 2 heterocycles. The standard InChI is InChI=1S/C21H23N3O3S/c1-15-7-8-16(2)20(13-15)28(26,27)23-11-9-17(10-12-23)24-14-22-19-6-4-3-5-18(19)21(24)25/h3-8,13-14,17H,9-12H2,1-2H3. The number of sulfonamides is 1. The maximum absolute atomic E-state index is 13.1. The molecule has 0 aliphatic carbocycles. The van der Waals surface area contributed by atoms with Gasteiger partial charge in [-0.1, -0.05) is 24.3 Å². The van der Waals surface area contributed by atoms with E-state index in [1.165, 1.54) is 4.31 Å². The molecule has 0 bridgehead atoms. The maximum atomic E-state index is 13.1. The fourth-order valence-corrected chi connectivity index (χ4v) is 5.61. The molecule has 0 spiro atoms. The third-order valence-corrected chi connectivity index (χ3v) is 7.51. The molecule has 0 amide bonds. The van der Waals surface area contributed by atoms with Crippen molar-refractivity contribution >= 4 is 20.9 Å². The molecule has 0 atom stereocenters. The van der Waals surface area contributed by atoms with Crippen LogP contribution in [-0.2, 0) is 10.0 Å². The maximum Gasteiger partial charge on any atom is 0.261 e. The zero-order valence-corrected chi connectivity index (χ0v) is 16.8. The van der Waals surface area contributed by atoms with E-state index in [4.69, 9.17) is 0 Å². The third-order valence-electron chi connectivity index (χ3n) is 5.47. The Hall–Kier alpha value is -2.51. The molecule has 0 saturated carbocycles. The zero-order valence-electron chi connectivity index (χ0n) is 16.0. The molecule has 0 radical (unpaired) electrons.